The molecule has 0 aliphatic heterocycles. The van der Waals surface area contributed by atoms with Gasteiger partial charge in [-0.2, -0.15) is 8.42 Å². The molecule has 0 saturated heterocycles. The molecule has 1 aromatic heterocycles. The maximum atomic E-state index is 10.9. The van der Waals surface area contributed by atoms with Crippen molar-refractivity contribution >= 4 is 15.8 Å². The molecule has 7 nitrogen and oxygen atoms in total. The largest absolute Gasteiger partial charge is 0.464 e. The molecule has 18 heavy (non-hydrogen) atoms. The van der Waals surface area contributed by atoms with Gasteiger partial charge in [0.05, 0.1) is 16.7 Å². The molecule has 1 aromatic carbocycles. The van der Waals surface area contributed by atoms with Gasteiger partial charge in [-0.15, -0.1) is 0 Å². The van der Waals surface area contributed by atoms with Crippen LogP contribution in [0.25, 0.3) is 11.3 Å². The van der Waals surface area contributed by atoms with E-state index in [1.165, 1.54) is 18.4 Å². The Balaban J connectivity index is 2.67. The van der Waals surface area contributed by atoms with E-state index in [-0.39, 0.29) is 11.3 Å². The second-order valence-corrected chi connectivity index (χ2v) is 4.81. The molecule has 0 aliphatic rings. The normalized spacial score (nSPS) is 11.4. The number of hydrogen-bond acceptors (Lipinski definition) is 5. The average molecular weight is 269 g/mol. The first kappa shape index (κ1) is 12.3. The summed E-state index contributed by atoms with van der Waals surface area (Å²) in [6.07, 6.45) is 1.34. The highest BCUT2D eigenvalue weighted by molar-refractivity contribution is 7.85. The van der Waals surface area contributed by atoms with Crippen LogP contribution in [0.4, 0.5) is 5.69 Å². The molecule has 0 amide bonds. The zero-order valence-electron chi connectivity index (χ0n) is 8.81. The summed E-state index contributed by atoms with van der Waals surface area (Å²) < 4.78 is 35.7. The molecule has 0 fully saturated rings. The number of nitro benzene ring substituents is 1. The summed E-state index contributed by atoms with van der Waals surface area (Å²) in [6, 6.07) is 6.12. The molecule has 94 valence electrons. The van der Waals surface area contributed by atoms with Crippen molar-refractivity contribution in [3.05, 3.63) is 46.7 Å². The summed E-state index contributed by atoms with van der Waals surface area (Å²) in [7, 11) is -4.48. The third kappa shape index (κ3) is 2.24. The summed E-state index contributed by atoms with van der Waals surface area (Å²) in [5.74, 6) is 0.239. The lowest BCUT2D eigenvalue weighted by Crippen LogP contribution is -2.00. The third-order valence-electron chi connectivity index (χ3n) is 2.25. The highest BCUT2D eigenvalue weighted by atomic mass is 32.2. The number of hydrogen-bond donors (Lipinski definition) is 1. The van der Waals surface area contributed by atoms with Gasteiger partial charge in [-0.25, -0.2) is 0 Å². The summed E-state index contributed by atoms with van der Waals surface area (Å²) in [5.41, 5.74) is -0.322. The van der Waals surface area contributed by atoms with Crippen LogP contribution >= 0.6 is 0 Å². The standard InChI is InChI=1S/C10H7NO6S/c12-11(13)9-6-7(18(14,15)16)3-4-8(9)10-2-1-5-17-10/h1-6H,(H,14,15,16). The van der Waals surface area contributed by atoms with Crippen LogP contribution in [0.3, 0.4) is 0 Å². The molecule has 0 bridgehead atoms. The van der Waals surface area contributed by atoms with Crippen molar-refractivity contribution in [2.45, 2.75) is 4.90 Å². The van der Waals surface area contributed by atoms with Gasteiger partial charge in [0, 0.05) is 6.07 Å². The Morgan fingerprint density at radius 3 is 2.50 bits per heavy atom. The summed E-state index contributed by atoms with van der Waals surface area (Å²) in [4.78, 5) is 9.60. The summed E-state index contributed by atoms with van der Waals surface area (Å²) >= 11 is 0. The van der Waals surface area contributed by atoms with Gasteiger partial charge in [0.2, 0.25) is 0 Å². The van der Waals surface area contributed by atoms with Crippen molar-refractivity contribution in [3.63, 3.8) is 0 Å². The van der Waals surface area contributed by atoms with Crippen LogP contribution in [0.5, 0.6) is 0 Å². The van der Waals surface area contributed by atoms with Crippen LogP contribution in [0.2, 0.25) is 0 Å². The van der Waals surface area contributed by atoms with Gasteiger partial charge in [-0.05, 0) is 24.3 Å². The predicted molar refractivity (Wildman–Crippen MR) is 60.6 cm³/mol. The molecule has 0 atom stereocenters. The SMILES string of the molecule is O=[N+]([O-])c1cc(S(=O)(=O)O)ccc1-c1ccco1. The highest BCUT2D eigenvalue weighted by Gasteiger charge is 2.21. The minimum atomic E-state index is -4.48. The molecule has 0 unspecified atom stereocenters. The Kier molecular flexibility index (Phi) is 2.89. The first-order valence-electron chi connectivity index (χ1n) is 4.69. The minimum absolute atomic E-state index is 0.136. The first-order chi connectivity index (χ1) is 8.39. The van der Waals surface area contributed by atoms with E-state index in [0.29, 0.717) is 0 Å². The Morgan fingerprint density at radius 2 is 2.00 bits per heavy atom. The number of rotatable bonds is 3. The first-order valence-corrected chi connectivity index (χ1v) is 6.13. The van der Waals surface area contributed by atoms with E-state index in [1.54, 1.807) is 6.07 Å². The maximum absolute atomic E-state index is 10.9. The minimum Gasteiger partial charge on any atom is -0.464 e. The Bertz CT molecular complexity index is 689. The van der Waals surface area contributed by atoms with E-state index in [1.807, 2.05) is 0 Å². The Labute approximate surface area is 102 Å². The van der Waals surface area contributed by atoms with Crippen molar-refractivity contribution in [1.29, 1.82) is 0 Å². The molecule has 1 N–H and O–H groups in total. The van der Waals surface area contributed by atoms with Gasteiger partial charge in [0.15, 0.2) is 0 Å². The van der Waals surface area contributed by atoms with Crippen molar-refractivity contribution < 1.29 is 22.3 Å². The van der Waals surface area contributed by atoms with Gasteiger partial charge in [-0.1, -0.05) is 0 Å². The van der Waals surface area contributed by atoms with E-state index in [4.69, 9.17) is 8.97 Å². The van der Waals surface area contributed by atoms with Gasteiger partial charge in [-0.3, -0.25) is 14.7 Å². The zero-order chi connectivity index (χ0) is 13.3. The van der Waals surface area contributed by atoms with Gasteiger partial charge < -0.3 is 4.42 Å². The maximum Gasteiger partial charge on any atom is 0.294 e. The molecule has 0 aliphatic carbocycles. The van der Waals surface area contributed by atoms with Gasteiger partial charge in [0.1, 0.15) is 10.7 Å². The molecule has 2 aromatic rings. The fourth-order valence-corrected chi connectivity index (χ4v) is 1.96. The van der Waals surface area contributed by atoms with Gasteiger partial charge in [0.25, 0.3) is 15.8 Å². The smallest absolute Gasteiger partial charge is 0.294 e. The molecule has 8 heteroatoms. The fraction of sp³-hybridized carbons (Fsp3) is 0. The van der Waals surface area contributed by atoms with E-state index < -0.39 is 25.6 Å². The lowest BCUT2D eigenvalue weighted by atomic mass is 10.1. The van der Waals surface area contributed by atoms with E-state index in [2.05, 4.69) is 0 Å². The second kappa shape index (κ2) is 4.24. The monoisotopic (exact) mass is 269 g/mol. The fourth-order valence-electron chi connectivity index (χ4n) is 1.46. The van der Waals surface area contributed by atoms with Crippen LogP contribution in [0.15, 0.2) is 45.9 Å². The molecular formula is C10H7NO6S. The van der Waals surface area contributed by atoms with Crippen molar-refractivity contribution in [3.8, 4) is 11.3 Å². The van der Waals surface area contributed by atoms with Crippen molar-refractivity contribution in [2.75, 3.05) is 0 Å². The quantitative estimate of drug-likeness (QED) is 0.519. The number of furan rings is 1. The lowest BCUT2D eigenvalue weighted by molar-refractivity contribution is -0.384. The second-order valence-electron chi connectivity index (χ2n) is 3.39. The molecule has 0 saturated carbocycles. The molecule has 1 heterocycles. The van der Waals surface area contributed by atoms with E-state index >= 15 is 0 Å². The number of nitrogens with zero attached hydrogens (tertiary/aromatic N) is 1. The number of benzene rings is 1. The third-order valence-corrected chi connectivity index (χ3v) is 3.10. The van der Waals surface area contributed by atoms with Crippen LogP contribution in [0, 0.1) is 10.1 Å². The lowest BCUT2D eigenvalue weighted by Gasteiger charge is -2.02. The Hall–Kier alpha value is -2.19. The Morgan fingerprint density at radius 1 is 1.28 bits per heavy atom. The van der Waals surface area contributed by atoms with Crippen molar-refractivity contribution in [2.24, 2.45) is 0 Å². The van der Waals surface area contributed by atoms with Crippen LogP contribution in [-0.2, 0) is 10.1 Å². The predicted octanol–water partition coefficient (Wildman–Crippen LogP) is 2.10. The summed E-state index contributed by atoms with van der Waals surface area (Å²) in [6.45, 7) is 0. The van der Waals surface area contributed by atoms with Crippen LogP contribution in [0.1, 0.15) is 0 Å². The number of nitro groups is 1. The molecular weight excluding hydrogens is 262 g/mol. The molecule has 0 radical (unpaired) electrons. The highest BCUT2D eigenvalue weighted by Crippen LogP contribution is 2.32. The van der Waals surface area contributed by atoms with E-state index in [9.17, 15) is 18.5 Å². The van der Waals surface area contributed by atoms with E-state index in [0.717, 1.165) is 12.1 Å². The summed E-state index contributed by atoms with van der Waals surface area (Å²) in [5, 5.41) is 10.9. The van der Waals surface area contributed by atoms with Crippen LogP contribution < -0.4 is 0 Å². The zero-order valence-corrected chi connectivity index (χ0v) is 9.62. The van der Waals surface area contributed by atoms with Crippen LogP contribution in [-0.4, -0.2) is 17.9 Å². The topological polar surface area (TPSA) is 111 Å². The molecule has 0 spiro atoms. The van der Waals surface area contributed by atoms with Crippen molar-refractivity contribution in [1.82, 2.24) is 0 Å². The van der Waals surface area contributed by atoms with Gasteiger partial charge >= 0.3 is 0 Å². The average Bonchev–Trinajstić information content (AvgIpc) is 2.80. The molecule has 2 rings (SSSR count).